The second-order valence-corrected chi connectivity index (χ2v) is 8.30. The van der Waals surface area contributed by atoms with Gasteiger partial charge in [-0.3, -0.25) is 19.8 Å². The van der Waals surface area contributed by atoms with Gasteiger partial charge in [0.05, 0.1) is 15.5 Å². The normalized spacial score (nSPS) is 20.3. The van der Waals surface area contributed by atoms with Crippen molar-refractivity contribution in [1.29, 1.82) is 0 Å². The van der Waals surface area contributed by atoms with Gasteiger partial charge in [-0.05, 0) is 48.4 Å². The Bertz CT molecular complexity index is 1030. The highest BCUT2D eigenvalue weighted by Gasteiger charge is 2.38. The first-order valence-corrected chi connectivity index (χ1v) is 10.7. The number of amides is 1. The molecule has 2 aromatic rings. The molecule has 0 N–H and O–H groups in total. The summed E-state index contributed by atoms with van der Waals surface area (Å²) in [7, 11) is 0. The summed E-state index contributed by atoms with van der Waals surface area (Å²) < 4.78 is 0. The number of thioether (sulfide) groups is 1. The molecule has 0 spiro atoms. The molecule has 2 fully saturated rings. The molecule has 2 aromatic carbocycles. The minimum absolute atomic E-state index is 0.0731. The summed E-state index contributed by atoms with van der Waals surface area (Å²) in [5.41, 5.74) is 0.693. The van der Waals surface area contributed by atoms with E-state index >= 15 is 0 Å². The van der Waals surface area contributed by atoms with Crippen LogP contribution in [0.5, 0.6) is 5.75 Å². The van der Waals surface area contributed by atoms with E-state index in [2.05, 4.69) is 4.99 Å². The van der Waals surface area contributed by atoms with Gasteiger partial charge in [-0.1, -0.05) is 43.5 Å². The van der Waals surface area contributed by atoms with Gasteiger partial charge in [0.25, 0.3) is 11.6 Å². The van der Waals surface area contributed by atoms with E-state index in [9.17, 15) is 20.0 Å². The highest BCUT2D eigenvalue weighted by atomic mass is 32.2. The summed E-state index contributed by atoms with van der Waals surface area (Å²) in [5, 5.41) is 23.9. The van der Waals surface area contributed by atoms with Crippen molar-refractivity contribution in [1.82, 2.24) is 4.90 Å². The standard InChI is InChI=1S/C22H21N3O4S/c26-19-12-11-18(25(28)29)13-15(19)14-20-21(27)24(17-9-5-2-6-10-17)22(30-20)23-16-7-3-1-4-8-16/h1,3-4,7-8,11-14,17,26H,2,5-6,9-10H2/p-1/b20-14-,23-22?. The lowest BCUT2D eigenvalue weighted by atomic mass is 9.94. The van der Waals surface area contributed by atoms with Crippen LogP contribution >= 0.6 is 11.8 Å². The van der Waals surface area contributed by atoms with E-state index in [1.54, 1.807) is 4.90 Å². The summed E-state index contributed by atoms with van der Waals surface area (Å²) in [5.74, 6) is -0.563. The van der Waals surface area contributed by atoms with Crippen molar-refractivity contribution in [3.05, 3.63) is 69.1 Å². The zero-order chi connectivity index (χ0) is 21.1. The first-order valence-electron chi connectivity index (χ1n) is 9.85. The zero-order valence-electron chi connectivity index (χ0n) is 16.2. The first-order chi connectivity index (χ1) is 14.5. The number of nitro groups is 1. The van der Waals surface area contributed by atoms with Gasteiger partial charge in [-0.25, -0.2) is 4.99 Å². The molecule has 1 saturated heterocycles. The summed E-state index contributed by atoms with van der Waals surface area (Å²) in [6.45, 7) is 0. The highest BCUT2D eigenvalue weighted by molar-refractivity contribution is 8.18. The maximum absolute atomic E-state index is 13.3. The van der Waals surface area contributed by atoms with Crippen LogP contribution in [0, 0.1) is 10.1 Å². The minimum Gasteiger partial charge on any atom is -0.872 e. The van der Waals surface area contributed by atoms with E-state index in [1.807, 2.05) is 30.3 Å². The van der Waals surface area contributed by atoms with Crippen molar-refractivity contribution in [3.63, 3.8) is 0 Å². The number of aliphatic imine (C=N–C) groups is 1. The monoisotopic (exact) mass is 422 g/mol. The smallest absolute Gasteiger partial charge is 0.269 e. The van der Waals surface area contributed by atoms with Crippen LogP contribution in [-0.2, 0) is 4.79 Å². The summed E-state index contributed by atoms with van der Waals surface area (Å²) in [4.78, 5) is 30.5. The molecule has 30 heavy (non-hydrogen) atoms. The largest absolute Gasteiger partial charge is 0.872 e. The van der Waals surface area contributed by atoms with Gasteiger partial charge in [-0.2, -0.15) is 0 Å². The number of carbonyl (C=O) groups excluding carboxylic acids is 1. The van der Waals surface area contributed by atoms with Crippen molar-refractivity contribution in [2.45, 2.75) is 38.1 Å². The fourth-order valence-corrected chi connectivity index (χ4v) is 4.79. The van der Waals surface area contributed by atoms with Crippen molar-refractivity contribution in [2.75, 3.05) is 0 Å². The molecule has 0 atom stereocenters. The number of non-ortho nitro benzene ring substituents is 1. The number of amidine groups is 1. The van der Waals surface area contributed by atoms with Crippen LogP contribution < -0.4 is 5.11 Å². The molecule has 8 heteroatoms. The number of rotatable bonds is 4. The van der Waals surface area contributed by atoms with Crippen molar-refractivity contribution >= 4 is 40.3 Å². The number of nitro benzene ring substituents is 1. The van der Waals surface area contributed by atoms with Crippen LogP contribution in [0.1, 0.15) is 37.7 Å². The minimum atomic E-state index is -0.554. The van der Waals surface area contributed by atoms with Crippen LogP contribution in [0.4, 0.5) is 11.4 Å². The van der Waals surface area contributed by atoms with Crippen LogP contribution in [0.3, 0.4) is 0 Å². The Labute approximate surface area is 178 Å². The first kappa shape index (κ1) is 20.2. The molecule has 1 aliphatic heterocycles. The number of hydrogen-bond acceptors (Lipinski definition) is 6. The molecule has 154 valence electrons. The van der Waals surface area contributed by atoms with E-state index in [0.717, 1.165) is 43.9 Å². The molecule has 1 heterocycles. The molecule has 0 unspecified atom stereocenters. The number of nitrogens with zero attached hydrogens (tertiary/aromatic N) is 3. The average Bonchev–Trinajstić information content (AvgIpc) is 3.05. The van der Waals surface area contributed by atoms with Crippen molar-refractivity contribution in [2.24, 2.45) is 4.99 Å². The SMILES string of the molecule is O=C1/C(=C/c2cc([N+](=O)[O-])ccc2[O-])SC(=Nc2ccccc2)N1C1CCCCC1. The van der Waals surface area contributed by atoms with E-state index in [4.69, 9.17) is 0 Å². The number of benzene rings is 2. The topological polar surface area (TPSA) is 98.9 Å². The van der Waals surface area contributed by atoms with Gasteiger partial charge < -0.3 is 5.11 Å². The summed E-state index contributed by atoms with van der Waals surface area (Å²) in [6.07, 6.45) is 6.56. The molecule has 7 nitrogen and oxygen atoms in total. The molecule has 1 aliphatic carbocycles. The van der Waals surface area contributed by atoms with E-state index in [1.165, 1.54) is 30.0 Å². The van der Waals surface area contributed by atoms with Crippen LogP contribution in [0.25, 0.3) is 6.08 Å². The van der Waals surface area contributed by atoms with Crippen LogP contribution in [0.2, 0.25) is 0 Å². The molecule has 1 saturated carbocycles. The van der Waals surface area contributed by atoms with Gasteiger partial charge >= 0.3 is 0 Å². The number of hydrogen-bond donors (Lipinski definition) is 0. The van der Waals surface area contributed by atoms with Crippen LogP contribution in [-0.4, -0.2) is 26.9 Å². The van der Waals surface area contributed by atoms with Crippen molar-refractivity contribution < 1.29 is 14.8 Å². The zero-order valence-corrected chi connectivity index (χ0v) is 17.0. The molecular weight excluding hydrogens is 402 g/mol. The predicted octanol–water partition coefficient (Wildman–Crippen LogP) is 4.61. The maximum Gasteiger partial charge on any atom is 0.269 e. The molecule has 0 radical (unpaired) electrons. The lowest BCUT2D eigenvalue weighted by molar-refractivity contribution is -0.385. The maximum atomic E-state index is 13.3. The third kappa shape index (κ3) is 4.23. The lowest BCUT2D eigenvalue weighted by Crippen LogP contribution is -2.40. The summed E-state index contributed by atoms with van der Waals surface area (Å²) >= 11 is 1.21. The second kappa shape index (κ2) is 8.71. The fraction of sp³-hybridized carbons (Fsp3) is 0.273. The molecule has 0 aromatic heterocycles. The molecule has 4 rings (SSSR count). The van der Waals surface area contributed by atoms with E-state index in [0.29, 0.717) is 10.1 Å². The Hall–Kier alpha value is -3.13. The number of para-hydroxylation sites is 1. The highest BCUT2D eigenvalue weighted by Crippen LogP contribution is 2.39. The Morgan fingerprint density at radius 1 is 1.10 bits per heavy atom. The van der Waals surface area contributed by atoms with Gasteiger partial charge in [0.15, 0.2) is 5.17 Å². The molecule has 2 aliphatic rings. The quantitative estimate of drug-likeness (QED) is 0.407. The fourth-order valence-electron chi connectivity index (χ4n) is 3.74. The van der Waals surface area contributed by atoms with Gasteiger partial charge in [0, 0.05) is 18.2 Å². The van der Waals surface area contributed by atoms with Crippen molar-refractivity contribution in [3.8, 4) is 5.75 Å². The summed E-state index contributed by atoms with van der Waals surface area (Å²) in [6, 6.07) is 13.0. The molecular formula is C22H20N3O4S-. The Kier molecular flexibility index (Phi) is 5.85. The lowest BCUT2D eigenvalue weighted by Gasteiger charge is -2.30. The van der Waals surface area contributed by atoms with Gasteiger partial charge in [0.2, 0.25) is 0 Å². The van der Waals surface area contributed by atoms with E-state index < -0.39 is 4.92 Å². The Morgan fingerprint density at radius 2 is 1.83 bits per heavy atom. The van der Waals surface area contributed by atoms with Crippen LogP contribution in [0.15, 0.2) is 58.4 Å². The van der Waals surface area contributed by atoms with Gasteiger partial charge in [-0.15, -0.1) is 5.75 Å². The third-order valence-electron chi connectivity index (χ3n) is 5.25. The Morgan fingerprint density at radius 3 is 2.53 bits per heavy atom. The molecule has 1 amide bonds. The average molecular weight is 422 g/mol. The Balaban J connectivity index is 1.73. The third-order valence-corrected chi connectivity index (χ3v) is 6.23. The second-order valence-electron chi connectivity index (χ2n) is 7.29. The van der Waals surface area contributed by atoms with E-state index in [-0.39, 0.29) is 28.9 Å². The number of carbonyl (C=O) groups is 1. The van der Waals surface area contributed by atoms with Gasteiger partial charge in [0.1, 0.15) is 0 Å². The molecule has 0 bridgehead atoms. The predicted molar refractivity (Wildman–Crippen MR) is 115 cm³/mol.